The zero-order valence-corrected chi connectivity index (χ0v) is 11.5. The molecule has 2 heteroatoms. The van der Waals surface area contributed by atoms with E-state index in [0.29, 0.717) is 0 Å². The van der Waals surface area contributed by atoms with Gasteiger partial charge >= 0.3 is 0 Å². The topological polar surface area (TPSA) is 21.3 Å². The highest BCUT2D eigenvalue weighted by Crippen LogP contribution is 2.34. The fraction of sp³-hybridized carbons (Fsp3) is 0.294. The molecular weight excluding hydrogens is 234 g/mol. The lowest BCUT2D eigenvalue weighted by molar-refractivity contribution is 0.429. The third-order valence-corrected chi connectivity index (χ3v) is 3.75. The fourth-order valence-corrected chi connectivity index (χ4v) is 2.53. The van der Waals surface area contributed by atoms with Crippen LogP contribution in [-0.2, 0) is 6.42 Å². The van der Waals surface area contributed by atoms with Crippen molar-refractivity contribution in [3.63, 3.8) is 0 Å². The third kappa shape index (κ3) is 2.19. The zero-order chi connectivity index (χ0) is 13.4. The van der Waals surface area contributed by atoms with Gasteiger partial charge in [0.15, 0.2) is 0 Å². The van der Waals surface area contributed by atoms with E-state index in [0.717, 1.165) is 47.7 Å². The van der Waals surface area contributed by atoms with Crippen molar-refractivity contribution in [1.29, 1.82) is 0 Å². The predicted octanol–water partition coefficient (Wildman–Crippen LogP) is 4.15. The number of allylic oxidation sites excluding steroid dienone is 3. The first-order valence-corrected chi connectivity index (χ1v) is 6.84. The average molecular weight is 253 g/mol. The molecule has 2 aliphatic rings. The lowest BCUT2D eigenvalue weighted by atomic mass is 10.0. The predicted molar refractivity (Wildman–Crippen MR) is 78.6 cm³/mol. The van der Waals surface area contributed by atoms with E-state index in [1.165, 1.54) is 11.1 Å². The summed E-state index contributed by atoms with van der Waals surface area (Å²) in [6.45, 7) is 8.44. The Labute approximate surface area is 114 Å². The number of ether oxygens (including phenoxy) is 1. The highest BCUT2D eigenvalue weighted by atomic mass is 16.5. The molecule has 0 fully saturated rings. The van der Waals surface area contributed by atoms with Gasteiger partial charge in [-0.05, 0) is 50.0 Å². The number of benzene rings is 1. The molecule has 2 nitrogen and oxygen atoms in total. The zero-order valence-electron chi connectivity index (χ0n) is 11.5. The second kappa shape index (κ2) is 4.61. The summed E-state index contributed by atoms with van der Waals surface area (Å²) in [5, 5.41) is 3.41. The molecule has 0 radical (unpaired) electrons. The van der Waals surface area contributed by atoms with Gasteiger partial charge in [0.05, 0.1) is 5.70 Å². The van der Waals surface area contributed by atoms with E-state index in [-0.39, 0.29) is 0 Å². The van der Waals surface area contributed by atoms with Crippen LogP contribution in [0.15, 0.2) is 47.9 Å². The number of hydrogen-bond acceptors (Lipinski definition) is 2. The van der Waals surface area contributed by atoms with Crippen LogP contribution in [-0.4, -0.2) is 0 Å². The number of aryl methyl sites for hydroxylation is 1. The van der Waals surface area contributed by atoms with Gasteiger partial charge in [0.2, 0.25) is 0 Å². The van der Waals surface area contributed by atoms with Crippen LogP contribution in [0.2, 0.25) is 0 Å². The van der Waals surface area contributed by atoms with Crippen molar-refractivity contribution in [3.05, 3.63) is 59.0 Å². The molecule has 1 aromatic carbocycles. The van der Waals surface area contributed by atoms with Gasteiger partial charge in [-0.25, -0.2) is 0 Å². The molecular formula is C17H19NO. The lowest BCUT2D eigenvalue weighted by Crippen LogP contribution is -2.14. The maximum atomic E-state index is 6.12. The molecule has 1 heterocycles. The van der Waals surface area contributed by atoms with Crippen molar-refractivity contribution >= 4 is 5.70 Å². The molecule has 0 unspecified atom stereocenters. The number of nitrogens with one attached hydrogen (secondary N) is 1. The smallest absolute Gasteiger partial charge is 0.146 e. The van der Waals surface area contributed by atoms with Gasteiger partial charge in [-0.1, -0.05) is 25.1 Å². The van der Waals surface area contributed by atoms with E-state index in [1.54, 1.807) is 0 Å². The first-order chi connectivity index (χ1) is 9.17. The van der Waals surface area contributed by atoms with Crippen LogP contribution in [0.3, 0.4) is 0 Å². The number of fused-ring (bicyclic) bond motifs is 1. The van der Waals surface area contributed by atoms with Crippen LogP contribution in [0.5, 0.6) is 5.75 Å². The summed E-state index contributed by atoms with van der Waals surface area (Å²) in [6.07, 6.45) is 5.22. The summed E-state index contributed by atoms with van der Waals surface area (Å²) in [4.78, 5) is 0. The maximum Gasteiger partial charge on any atom is 0.146 e. The van der Waals surface area contributed by atoms with Crippen LogP contribution < -0.4 is 10.1 Å². The first kappa shape index (κ1) is 12.1. The Morgan fingerprint density at radius 2 is 2.16 bits per heavy atom. The molecule has 0 saturated carbocycles. The van der Waals surface area contributed by atoms with Gasteiger partial charge in [0.25, 0.3) is 0 Å². The average Bonchev–Trinajstić information content (AvgIpc) is 2.54. The molecule has 0 amide bonds. The Balaban J connectivity index is 2.07. The molecule has 3 rings (SSSR count). The molecule has 1 aliphatic carbocycles. The Morgan fingerprint density at radius 3 is 2.95 bits per heavy atom. The third-order valence-electron chi connectivity index (χ3n) is 3.75. The fourth-order valence-electron chi connectivity index (χ4n) is 2.53. The number of rotatable bonds is 1. The summed E-state index contributed by atoms with van der Waals surface area (Å²) in [7, 11) is 0. The Bertz CT molecular complexity index is 608. The molecule has 0 bridgehead atoms. The minimum atomic E-state index is 0.910. The van der Waals surface area contributed by atoms with Gasteiger partial charge < -0.3 is 10.1 Å². The molecule has 0 saturated heterocycles. The van der Waals surface area contributed by atoms with Crippen LogP contribution in [0.1, 0.15) is 37.8 Å². The molecule has 0 aromatic heterocycles. The van der Waals surface area contributed by atoms with Gasteiger partial charge in [-0.2, -0.15) is 0 Å². The monoisotopic (exact) mass is 253 g/mol. The van der Waals surface area contributed by atoms with Crippen LogP contribution >= 0.6 is 0 Å². The van der Waals surface area contributed by atoms with Crippen molar-refractivity contribution in [2.45, 2.75) is 33.1 Å². The Morgan fingerprint density at radius 1 is 1.32 bits per heavy atom. The minimum absolute atomic E-state index is 0.910. The highest BCUT2D eigenvalue weighted by Gasteiger charge is 2.21. The van der Waals surface area contributed by atoms with E-state index < -0.39 is 0 Å². The SMILES string of the molecule is C=C1NC2=C(C=C(C)CC2)Oc2cc(CC)ccc21. The van der Waals surface area contributed by atoms with E-state index in [4.69, 9.17) is 4.74 Å². The van der Waals surface area contributed by atoms with Gasteiger partial charge in [-0.15, -0.1) is 0 Å². The molecule has 1 aliphatic heterocycles. The summed E-state index contributed by atoms with van der Waals surface area (Å²) in [6, 6.07) is 6.36. The van der Waals surface area contributed by atoms with E-state index in [9.17, 15) is 0 Å². The van der Waals surface area contributed by atoms with Crippen LogP contribution in [0.4, 0.5) is 0 Å². The maximum absolute atomic E-state index is 6.12. The molecule has 98 valence electrons. The number of hydrogen-bond donors (Lipinski definition) is 1. The van der Waals surface area contributed by atoms with E-state index >= 15 is 0 Å². The summed E-state index contributed by atoms with van der Waals surface area (Å²) in [5.41, 5.74) is 5.77. The van der Waals surface area contributed by atoms with Gasteiger partial charge in [0.1, 0.15) is 11.5 Å². The highest BCUT2D eigenvalue weighted by molar-refractivity contribution is 5.71. The second-order valence-electron chi connectivity index (χ2n) is 5.22. The molecule has 1 N–H and O–H groups in total. The quantitative estimate of drug-likeness (QED) is 0.811. The molecule has 0 spiro atoms. The van der Waals surface area contributed by atoms with Crippen molar-refractivity contribution < 1.29 is 4.74 Å². The van der Waals surface area contributed by atoms with Crippen LogP contribution in [0.25, 0.3) is 5.70 Å². The standard InChI is InChI=1S/C17H19NO/c1-4-13-6-7-14-12(3)18-15-8-5-11(2)9-17(15)19-16(14)10-13/h6-7,9-10,18H,3-5,8H2,1-2H3. The minimum Gasteiger partial charge on any atom is -0.455 e. The van der Waals surface area contributed by atoms with Crippen molar-refractivity contribution in [3.8, 4) is 5.75 Å². The molecule has 0 atom stereocenters. The summed E-state index contributed by atoms with van der Waals surface area (Å²) >= 11 is 0. The summed E-state index contributed by atoms with van der Waals surface area (Å²) < 4.78 is 6.12. The largest absolute Gasteiger partial charge is 0.455 e. The van der Waals surface area contributed by atoms with Gasteiger partial charge in [-0.3, -0.25) is 0 Å². The Hall–Kier alpha value is -1.96. The molecule has 1 aromatic rings. The lowest BCUT2D eigenvalue weighted by Gasteiger charge is -2.17. The Kier molecular flexibility index (Phi) is 2.94. The van der Waals surface area contributed by atoms with Crippen LogP contribution in [0, 0.1) is 0 Å². The van der Waals surface area contributed by atoms with Crippen molar-refractivity contribution in [1.82, 2.24) is 5.32 Å². The van der Waals surface area contributed by atoms with E-state index in [2.05, 4.69) is 50.0 Å². The van der Waals surface area contributed by atoms with Crippen molar-refractivity contribution in [2.24, 2.45) is 0 Å². The summed E-state index contributed by atoms with van der Waals surface area (Å²) in [5.74, 6) is 1.85. The second-order valence-corrected chi connectivity index (χ2v) is 5.22. The normalized spacial score (nSPS) is 17.8. The van der Waals surface area contributed by atoms with E-state index in [1.807, 2.05) is 0 Å². The van der Waals surface area contributed by atoms with Crippen molar-refractivity contribution in [2.75, 3.05) is 0 Å². The first-order valence-electron chi connectivity index (χ1n) is 6.84. The van der Waals surface area contributed by atoms with Gasteiger partial charge in [0, 0.05) is 11.3 Å². The molecule has 19 heavy (non-hydrogen) atoms.